The molecule has 8 nitrogen and oxygen atoms in total. The van der Waals surface area contributed by atoms with Crippen molar-refractivity contribution in [1.29, 1.82) is 0 Å². The predicted molar refractivity (Wildman–Crippen MR) is 69.7 cm³/mol. The second kappa shape index (κ2) is 6.44. The fraction of sp³-hybridized carbons (Fsp3) is 0.364. The number of carbonyl (C=O) groups is 1. The van der Waals surface area contributed by atoms with Crippen molar-refractivity contribution in [3.8, 4) is 0 Å². The third-order valence-electron chi connectivity index (χ3n) is 2.51. The number of nitrogens with one attached hydrogen (secondary N) is 1. The zero-order chi connectivity index (χ0) is 15.3. The van der Waals surface area contributed by atoms with E-state index in [1.165, 1.54) is 12.1 Å². The maximum atomic E-state index is 12.0. The van der Waals surface area contributed by atoms with Crippen molar-refractivity contribution in [3.05, 3.63) is 34.4 Å². The molecule has 0 spiro atoms. The van der Waals surface area contributed by atoms with Crippen molar-refractivity contribution in [2.24, 2.45) is 0 Å². The normalized spacial score (nSPS) is 12.8. The number of hydrogen-bond acceptors (Lipinski definition) is 5. The van der Waals surface area contributed by atoms with E-state index in [4.69, 9.17) is 5.11 Å². The summed E-state index contributed by atoms with van der Waals surface area (Å²) in [6, 6.07) is 3.17. The Morgan fingerprint density at radius 1 is 1.50 bits per heavy atom. The van der Waals surface area contributed by atoms with Gasteiger partial charge in [0.25, 0.3) is 5.69 Å². The summed E-state index contributed by atoms with van der Waals surface area (Å²) in [6.07, 6.45) is 0.609. The van der Waals surface area contributed by atoms with E-state index >= 15 is 0 Å². The minimum atomic E-state index is -4.12. The molecule has 0 aromatic heterocycles. The number of sulfonamides is 1. The van der Waals surface area contributed by atoms with Gasteiger partial charge >= 0.3 is 5.97 Å². The molecule has 0 aliphatic heterocycles. The van der Waals surface area contributed by atoms with Crippen LogP contribution in [-0.4, -0.2) is 30.5 Å². The lowest BCUT2D eigenvalue weighted by Gasteiger charge is -2.13. The van der Waals surface area contributed by atoms with E-state index in [0.29, 0.717) is 6.42 Å². The van der Waals surface area contributed by atoms with Crippen molar-refractivity contribution in [3.63, 3.8) is 0 Å². The van der Waals surface area contributed by atoms with Gasteiger partial charge in [-0.05, 0) is 12.5 Å². The summed E-state index contributed by atoms with van der Waals surface area (Å²) in [5.41, 5.74) is -0.379. The first-order valence-electron chi connectivity index (χ1n) is 5.77. The molecule has 2 N–H and O–H groups in total. The molecule has 0 aliphatic carbocycles. The molecule has 1 aromatic rings. The zero-order valence-corrected chi connectivity index (χ0v) is 11.5. The van der Waals surface area contributed by atoms with Gasteiger partial charge in [-0.25, -0.2) is 8.42 Å². The number of nitro groups is 1. The van der Waals surface area contributed by atoms with Crippen molar-refractivity contribution in [2.45, 2.75) is 30.7 Å². The molecule has 1 unspecified atom stereocenters. The van der Waals surface area contributed by atoms with Crippen LogP contribution in [0.3, 0.4) is 0 Å². The second-order valence-corrected chi connectivity index (χ2v) is 5.77. The van der Waals surface area contributed by atoms with Gasteiger partial charge in [0.15, 0.2) is 0 Å². The van der Waals surface area contributed by atoms with Gasteiger partial charge < -0.3 is 5.11 Å². The third-order valence-corrected chi connectivity index (χ3v) is 3.98. The van der Waals surface area contributed by atoms with Gasteiger partial charge in [0.1, 0.15) is 6.04 Å². The zero-order valence-electron chi connectivity index (χ0n) is 10.6. The minimum absolute atomic E-state index is 0.128. The monoisotopic (exact) mass is 302 g/mol. The van der Waals surface area contributed by atoms with Gasteiger partial charge in [0.2, 0.25) is 10.0 Å². The molecule has 9 heteroatoms. The van der Waals surface area contributed by atoms with E-state index in [1.807, 2.05) is 4.72 Å². The molecule has 0 aliphatic rings. The van der Waals surface area contributed by atoms with E-state index in [0.717, 1.165) is 12.1 Å². The van der Waals surface area contributed by atoms with E-state index in [1.54, 1.807) is 6.92 Å². The average Bonchev–Trinajstić information content (AvgIpc) is 2.38. The van der Waals surface area contributed by atoms with E-state index in [2.05, 4.69) is 0 Å². The van der Waals surface area contributed by atoms with E-state index in [-0.39, 0.29) is 17.0 Å². The van der Waals surface area contributed by atoms with Crippen LogP contribution in [0.15, 0.2) is 29.2 Å². The second-order valence-electron chi connectivity index (χ2n) is 4.06. The summed E-state index contributed by atoms with van der Waals surface area (Å²) >= 11 is 0. The van der Waals surface area contributed by atoms with Gasteiger partial charge in [-0.2, -0.15) is 4.72 Å². The van der Waals surface area contributed by atoms with Crippen molar-refractivity contribution in [2.75, 3.05) is 0 Å². The molecule has 110 valence electrons. The quantitative estimate of drug-likeness (QED) is 0.574. The Balaban J connectivity index is 3.07. The number of carboxylic acid groups (broad SMARTS) is 1. The summed E-state index contributed by atoms with van der Waals surface area (Å²) in [7, 11) is -4.12. The standard InChI is InChI=1S/C11H14N2O6S/c1-2-4-10(11(14)15)12-20(18,19)9-6-3-5-8(7-9)13(16)17/h3,5-7,10,12H,2,4H2,1H3,(H,14,15). The lowest BCUT2D eigenvalue weighted by atomic mass is 10.2. The molecule has 1 rings (SSSR count). The Bertz CT molecular complexity index is 613. The molecule has 20 heavy (non-hydrogen) atoms. The van der Waals surface area contributed by atoms with Gasteiger partial charge in [0.05, 0.1) is 9.82 Å². The van der Waals surface area contributed by atoms with Crippen molar-refractivity contribution in [1.82, 2.24) is 4.72 Å². The lowest BCUT2D eigenvalue weighted by molar-refractivity contribution is -0.385. The molecule has 0 saturated heterocycles. The Morgan fingerprint density at radius 3 is 2.65 bits per heavy atom. The molecule has 0 radical (unpaired) electrons. The fourth-order valence-corrected chi connectivity index (χ4v) is 2.80. The minimum Gasteiger partial charge on any atom is -0.480 e. The number of non-ortho nitro benzene ring substituents is 1. The van der Waals surface area contributed by atoms with Crippen LogP contribution in [0, 0.1) is 10.1 Å². The van der Waals surface area contributed by atoms with Crippen LogP contribution in [0.25, 0.3) is 0 Å². The Kier molecular flexibility index (Phi) is 5.17. The van der Waals surface area contributed by atoms with Crippen molar-refractivity contribution < 1.29 is 23.2 Å². The summed E-state index contributed by atoms with van der Waals surface area (Å²) in [6.45, 7) is 1.72. The highest BCUT2D eigenvalue weighted by Crippen LogP contribution is 2.17. The topological polar surface area (TPSA) is 127 Å². The number of rotatable bonds is 7. The summed E-state index contributed by atoms with van der Waals surface area (Å²) in [4.78, 5) is 20.5. The van der Waals surface area contributed by atoms with Gasteiger partial charge in [-0.3, -0.25) is 14.9 Å². The molecular weight excluding hydrogens is 288 g/mol. The maximum absolute atomic E-state index is 12.0. The average molecular weight is 302 g/mol. The van der Waals surface area contributed by atoms with Crippen LogP contribution in [0.2, 0.25) is 0 Å². The Labute approximate surface area is 115 Å². The maximum Gasteiger partial charge on any atom is 0.321 e. The molecule has 0 bridgehead atoms. The Morgan fingerprint density at radius 2 is 2.15 bits per heavy atom. The van der Waals surface area contributed by atoms with Gasteiger partial charge in [-0.15, -0.1) is 0 Å². The smallest absolute Gasteiger partial charge is 0.321 e. The summed E-state index contributed by atoms with van der Waals surface area (Å²) < 4.78 is 26.0. The SMILES string of the molecule is CCCC(NS(=O)(=O)c1cccc([N+](=O)[O-])c1)C(=O)O. The van der Waals surface area contributed by atoms with E-state index < -0.39 is 27.0 Å². The first-order valence-corrected chi connectivity index (χ1v) is 7.26. The lowest BCUT2D eigenvalue weighted by Crippen LogP contribution is -2.40. The van der Waals surface area contributed by atoms with Crippen LogP contribution in [0.4, 0.5) is 5.69 Å². The molecule has 1 atom stereocenters. The van der Waals surface area contributed by atoms with Crippen LogP contribution >= 0.6 is 0 Å². The molecule has 0 saturated carbocycles. The summed E-state index contributed by atoms with van der Waals surface area (Å²) in [5, 5.41) is 19.5. The van der Waals surface area contributed by atoms with Gasteiger partial charge in [-0.1, -0.05) is 19.4 Å². The molecule has 0 heterocycles. The highest BCUT2D eigenvalue weighted by molar-refractivity contribution is 7.89. The van der Waals surface area contributed by atoms with Crippen LogP contribution < -0.4 is 4.72 Å². The highest BCUT2D eigenvalue weighted by atomic mass is 32.2. The van der Waals surface area contributed by atoms with Crippen molar-refractivity contribution >= 4 is 21.7 Å². The molecular formula is C11H14N2O6S. The summed E-state index contributed by atoms with van der Waals surface area (Å²) in [5.74, 6) is -1.29. The number of aliphatic carboxylic acids is 1. The van der Waals surface area contributed by atoms with E-state index in [9.17, 15) is 23.3 Å². The molecule has 1 aromatic carbocycles. The van der Waals surface area contributed by atoms with Crippen LogP contribution in [0.5, 0.6) is 0 Å². The van der Waals surface area contributed by atoms with Crippen LogP contribution in [0.1, 0.15) is 19.8 Å². The third kappa shape index (κ3) is 4.00. The number of nitrogens with zero attached hydrogens (tertiary/aromatic N) is 1. The molecule has 0 fully saturated rings. The number of carboxylic acids is 1. The fourth-order valence-electron chi connectivity index (χ4n) is 1.54. The number of benzene rings is 1. The largest absolute Gasteiger partial charge is 0.480 e. The molecule has 0 amide bonds. The first kappa shape index (κ1) is 16.1. The highest BCUT2D eigenvalue weighted by Gasteiger charge is 2.25. The number of hydrogen-bond donors (Lipinski definition) is 2. The predicted octanol–water partition coefficient (Wildman–Crippen LogP) is 1.13. The Hall–Kier alpha value is -2.00. The van der Waals surface area contributed by atoms with Crippen LogP contribution in [-0.2, 0) is 14.8 Å². The first-order chi connectivity index (χ1) is 9.27. The van der Waals surface area contributed by atoms with Gasteiger partial charge in [0, 0.05) is 12.1 Å². The number of nitro benzene ring substituents is 1.